The molecule has 1 aliphatic rings. The number of carbonyl (C=O) groups is 1. The zero-order valence-corrected chi connectivity index (χ0v) is 7.23. The third kappa shape index (κ3) is 2.18. The lowest BCUT2D eigenvalue weighted by Crippen LogP contribution is -2.39. The number of oxime groups is 1. The second kappa shape index (κ2) is 4.45. The summed E-state index contributed by atoms with van der Waals surface area (Å²) in [6, 6.07) is 1.56. The van der Waals surface area contributed by atoms with Gasteiger partial charge < -0.3 is 10.1 Å². The number of nitrogens with zero attached hydrogens (tertiary/aromatic N) is 3. The Morgan fingerprint density at radius 1 is 1.38 bits per heavy atom. The molecule has 0 aromatic carbocycles. The first-order valence-electron chi connectivity index (χ1n) is 4.21. The van der Waals surface area contributed by atoms with Gasteiger partial charge in [0.15, 0.2) is 0 Å². The standard InChI is InChI=1S/C8H11N3O2/c9-6-7(10-13)8(12)11-4-2-1-3-5-11/h13H,1-5H2/b10-7+. The maximum Gasteiger partial charge on any atom is 0.286 e. The van der Waals surface area contributed by atoms with Gasteiger partial charge in [-0.25, -0.2) is 0 Å². The summed E-state index contributed by atoms with van der Waals surface area (Å²) >= 11 is 0. The molecule has 0 bridgehead atoms. The van der Waals surface area contributed by atoms with Crippen LogP contribution >= 0.6 is 0 Å². The Labute approximate surface area is 76.2 Å². The van der Waals surface area contributed by atoms with E-state index in [1.54, 1.807) is 11.0 Å². The molecule has 1 amide bonds. The molecule has 1 rings (SSSR count). The fraction of sp³-hybridized carbons (Fsp3) is 0.625. The van der Waals surface area contributed by atoms with Crippen molar-refractivity contribution in [1.29, 1.82) is 5.26 Å². The average Bonchev–Trinajstić information content (AvgIpc) is 2.21. The molecule has 0 aromatic rings. The van der Waals surface area contributed by atoms with E-state index in [-0.39, 0.29) is 0 Å². The van der Waals surface area contributed by atoms with E-state index in [2.05, 4.69) is 5.16 Å². The highest BCUT2D eigenvalue weighted by Crippen LogP contribution is 2.08. The van der Waals surface area contributed by atoms with Crippen molar-refractivity contribution in [3.8, 4) is 6.07 Å². The SMILES string of the molecule is N#C/C(=N\O)C(=O)N1CCCCC1. The number of hydrogen-bond acceptors (Lipinski definition) is 4. The minimum absolute atomic E-state index is 0.429. The third-order valence-electron chi connectivity index (χ3n) is 2.05. The smallest absolute Gasteiger partial charge is 0.286 e. The normalized spacial score (nSPS) is 18.1. The minimum Gasteiger partial charge on any atom is -0.410 e. The summed E-state index contributed by atoms with van der Waals surface area (Å²) in [6.07, 6.45) is 3.02. The van der Waals surface area contributed by atoms with E-state index < -0.39 is 11.6 Å². The van der Waals surface area contributed by atoms with Gasteiger partial charge in [0.25, 0.3) is 5.91 Å². The van der Waals surface area contributed by atoms with Crippen LogP contribution in [0.2, 0.25) is 0 Å². The summed E-state index contributed by atoms with van der Waals surface area (Å²) in [5.41, 5.74) is -0.429. The summed E-state index contributed by atoms with van der Waals surface area (Å²) < 4.78 is 0. The van der Waals surface area contributed by atoms with E-state index in [1.165, 1.54) is 0 Å². The molecule has 1 heterocycles. The number of piperidine rings is 1. The summed E-state index contributed by atoms with van der Waals surface area (Å²) in [5, 5.41) is 19.4. The zero-order chi connectivity index (χ0) is 9.68. The molecule has 70 valence electrons. The second-order valence-corrected chi connectivity index (χ2v) is 2.91. The van der Waals surface area contributed by atoms with Crippen molar-refractivity contribution in [3.63, 3.8) is 0 Å². The van der Waals surface area contributed by atoms with Crippen molar-refractivity contribution in [2.45, 2.75) is 19.3 Å². The zero-order valence-electron chi connectivity index (χ0n) is 7.23. The fourth-order valence-corrected chi connectivity index (χ4v) is 1.36. The van der Waals surface area contributed by atoms with Gasteiger partial charge in [-0.05, 0) is 19.3 Å². The lowest BCUT2D eigenvalue weighted by molar-refractivity contribution is -0.124. The molecule has 1 N–H and O–H groups in total. The number of likely N-dealkylation sites (tertiary alicyclic amines) is 1. The molecule has 1 saturated heterocycles. The van der Waals surface area contributed by atoms with Crippen LogP contribution in [0.25, 0.3) is 0 Å². The first kappa shape index (κ1) is 9.52. The maximum atomic E-state index is 11.4. The first-order chi connectivity index (χ1) is 6.29. The van der Waals surface area contributed by atoms with Gasteiger partial charge in [-0.3, -0.25) is 4.79 Å². The Morgan fingerprint density at radius 2 is 2.00 bits per heavy atom. The van der Waals surface area contributed by atoms with E-state index >= 15 is 0 Å². The molecule has 5 heteroatoms. The van der Waals surface area contributed by atoms with Crippen LogP contribution in [-0.2, 0) is 4.79 Å². The van der Waals surface area contributed by atoms with Crippen LogP contribution in [0.15, 0.2) is 5.16 Å². The van der Waals surface area contributed by atoms with Gasteiger partial charge in [0.1, 0.15) is 6.07 Å². The van der Waals surface area contributed by atoms with Crippen LogP contribution in [0.4, 0.5) is 0 Å². The Kier molecular flexibility index (Phi) is 3.26. The molecule has 0 radical (unpaired) electrons. The molecule has 0 aromatic heterocycles. The largest absolute Gasteiger partial charge is 0.410 e. The van der Waals surface area contributed by atoms with Gasteiger partial charge in [0.05, 0.1) is 0 Å². The average molecular weight is 181 g/mol. The summed E-state index contributed by atoms with van der Waals surface area (Å²) in [4.78, 5) is 12.9. The Bertz CT molecular complexity index is 261. The molecule has 0 aliphatic carbocycles. The molecule has 0 spiro atoms. The molecule has 5 nitrogen and oxygen atoms in total. The van der Waals surface area contributed by atoms with E-state index in [1.807, 2.05) is 0 Å². The second-order valence-electron chi connectivity index (χ2n) is 2.91. The molecule has 1 aliphatic heterocycles. The van der Waals surface area contributed by atoms with Gasteiger partial charge in [-0.1, -0.05) is 5.16 Å². The monoisotopic (exact) mass is 181 g/mol. The van der Waals surface area contributed by atoms with Gasteiger partial charge in [0, 0.05) is 13.1 Å². The van der Waals surface area contributed by atoms with Crippen LogP contribution in [0.5, 0.6) is 0 Å². The van der Waals surface area contributed by atoms with Crippen molar-refractivity contribution in [2.24, 2.45) is 5.16 Å². The van der Waals surface area contributed by atoms with Crippen LogP contribution in [0, 0.1) is 11.3 Å². The van der Waals surface area contributed by atoms with E-state index in [0.29, 0.717) is 13.1 Å². The predicted molar refractivity (Wildman–Crippen MR) is 45.3 cm³/mol. The van der Waals surface area contributed by atoms with E-state index in [9.17, 15) is 4.79 Å². The van der Waals surface area contributed by atoms with Gasteiger partial charge in [-0.2, -0.15) is 5.26 Å². The molecular weight excluding hydrogens is 170 g/mol. The van der Waals surface area contributed by atoms with Crippen molar-refractivity contribution in [3.05, 3.63) is 0 Å². The van der Waals surface area contributed by atoms with Crippen LogP contribution in [0.1, 0.15) is 19.3 Å². The molecule has 0 unspecified atom stereocenters. The molecule has 0 atom stereocenters. The quantitative estimate of drug-likeness (QED) is 0.360. The Morgan fingerprint density at radius 3 is 2.46 bits per heavy atom. The third-order valence-corrected chi connectivity index (χ3v) is 2.05. The maximum absolute atomic E-state index is 11.4. The van der Waals surface area contributed by atoms with E-state index in [0.717, 1.165) is 19.3 Å². The van der Waals surface area contributed by atoms with Gasteiger partial charge in [0.2, 0.25) is 5.71 Å². The molecular formula is C8H11N3O2. The highest BCUT2D eigenvalue weighted by molar-refractivity contribution is 6.44. The molecule has 1 fully saturated rings. The number of hydrogen-bond donors (Lipinski definition) is 1. The van der Waals surface area contributed by atoms with Gasteiger partial charge in [-0.15, -0.1) is 0 Å². The topological polar surface area (TPSA) is 76.7 Å². The lowest BCUT2D eigenvalue weighted by atomic mass is 10.1. The van der Waals surface area contributed by atoms with Crippen molar-refractivity contribution >= 4 is 11.6 Å². The minimum atomic E-state index is -0.468. The van der Waals surface area contributed by atoms with Gasteiger partial charge >= 0.3 is 0 Å². The number of amides is 1. The summed E-state index contributed by atoms with van der Waals surface area (Å²) in [6.45, 7) is 1.30. The predicted octanol–water partition coefficient (Wildman–Crippen LogP) is 0.353. The molecule has 0 saturated carbocycles. The number of carbonyl (C=O) groups excluding carboxylic acids is 1. The van der Waals surface area contributed by atoms with Crippen LogP contribution in [-0.4, -0.2) is 34.8 Å². The Hall–Kier alpha value is -1.57. The number of rotatable bonds is 1. The van der Waals surface area contributed by atoms with Crippen LogP contribution in [0.3, 0.4) is 0 Å². The van der Waals surface area contributed by atoms with Crippen molar-refractivity contribution < 1.29 is 10.0 Å². The first-order valence-corrected chi connectivity index (χ1v) is 4.21. The highest BCUT2D eigenvalue weighted by Gasteiger charge is 2.21. The lowest BCUT2D eigenvalue weighted by Gasteiger charge is -2.25. The summed E-state index contributed by atoms with van der Waals surface area (Å²) in [5.74, 6) is -0.468. The number of nitriles is 1. The fourth-order valence-electron chi connectivity index (χ4n) is 1.36. The van der Waals surface area contributed by atoms with Crippen LogP contribution < -0.4 is 0 Å². The highest BCUT2D eigenvalue weighted by atomic mass is 16.4. The van der Waals surface area contributed by atoms with Crippen molar-refractivity contribution in [1.82, 2.24) is 4.90 Å². The Balaban J connectivity index is 2.61. The van der Waals surface area contributed by atoms with Crippen molar-refractivity contribution in [2.75, 3.05) is 13.1 Å². The van der Waals surface area contributed by atoms with E-state index in [4.69, 9.17) is 10.5 Å². The summed E-state index contributed by atoms with van der Waals surface area (Å²) in [7, 11) is 0. The molecule has 13 heavy (non-hydrogen) atoms.